The number of hydrogen-bond donors (Lipinski definition) is 2. The molecule has 0 saturated carbocycles. The molecule has 13 nitrogen and oxygen atoms in total. The molecule has 2 N–H and O–H groups in total. The predicted octanol–water partition coefficient (Wildman–Crippen LogP) is 3.75. The molecule has 0 bridgehead atoms. The fourth-order valence-electron chi connectivity index (χ4n) is 3.47. The maximum absolute atomic E-state index is 13.5. The number of halogens is 1. The van der Waals surface area contributed by atoms with Crippen LogP contribution < -0.4 is 20.6 Å². The average molecular weight is 631 g/mol. The highest BCUT2D eigenvalue weighted by Crippen LogP contribution is 2.45. The molecule has 1 aliphatic rings. The second-order valence-corrected chi connectivity index (χ2v) is 11.2. The van der Waals surface area contributed by atoms with Crippen molar-refractivity contribution in [2.75, 3.05) is 25.6 Å². The van der Waals surface area contributed by atoms with Gasteiger partial charge in [-0.25, -0.2) is 9.36 Å². The van der Waals surface area contributed by atoms with Gasteiger partial charge in [0.2, 0.25) is 5.91 Å². The molecule has 1 aromatic carbocycles. The molecular weight excluding hydrogens is 599 g/mol. The fourth-order valence-corrected chi connectivity index (χ4v) is 5.21. The van der Waals surface area contributed by atoms with Crippen LogP contribution in [0.25, 0.3) is 0 Å². The SMILES string of the molecule is CCCCCC(=O)Nc1ccn([C@@H]2CO[C@H](COP(=O)(N[C@@H](C)C(=O)OC)Oc3ccc(Br)cc3)O2)c(=O)n1. The van der Waals surface area contributed by atoms with Crippen molar-refractivity contribution >= 4 is 41.4 Å². The molecule has 1 amide bonds. The van der Waals surface area contributed by atoms with Crippen LogP contribution in [0.1, 0.15) is 45.8 Å². The molecule has 4 atom stereocenters. The van der Waals surface area contributed by atoms with Gasteiger partial charge >= 0.3 is 19.4 Å². The predicted molar refractivity (Wildman–Crippen MR) is 144 cm³/mol. The van der Waals surface area contributed by atoms with Crippen LogP contribution in [-0.4, -0.2) is 54.1 Å². The van der Waals surface area contributed by atoms with E-state index < -0.39 is 38.0 Å². The van der Waals surface area contributed by atoms with Gasteiger partial charge in [0.25, 0.3) is 0 Å². The van der Waals surface area contributed by atoms with Crippen LogP contribution in [0, 0.1) is 0 Å². The molecule has 1 aromatic heterocycles. The van der Waals surface area contributed by atoms with Gasteiger partial charge in [0.05, 0.1) is 13.7 Å². The van der Waals surface area contributed by atoms with Crippen molar-refractivity contribution in [1.29, 1.82) is 0 Å². The molecule has 1 saturated heterocycles. The van der Waals surface area contributed by atoms with Crippen LogP contribution in [0.15, 0.2) is 45.8 Å². The summed E-state index contributed by atoms with van der Waals surface area (Å²) in [6.45, 7) is 3.13. The van der Waals surface area contributed by atoms with Gasteiger partial charge in [-0.05, 0) is 43.7 Å². The monoisotopic (exact) mass is 630 g/mol. The number of carbonyl (C=O) groups is 2. The number of hydrogen-bond acceptors (Lipinski definition) is 10. The number of carbonyl (C=O) groups excluding carboxylic acids is 2. The van der Waals surface area contributed by atoms with Gasteiger partial charge in [0.1, 0.15) is 24.2 Å². The van der Waals surface area contributed by atoms with E-state index in [-0.39, 0.29) is 30.7 Å². The van der Waals surface area contributed by atoms with E-state index in [2.05, 4.69) is 36.1 Å². The van der Waals surface area contributed by atoms with Gasteiger partial charge in [0, 0.05) is 17.1 Å². The molecule has 214 valence electrons. The van der Waals surface area contributed by atoms with E-state index in [9.17, 15) is 18.9 Å². The Bertz CT molecular complexity index is 1230. The molecule has 39 heavy (non-hydrogen) atoms. The smallest absolute Gasteiger partial charge is 0.459 e. The van der Waals surface area contributed by atoms with Crippen molar-refractivity contribution in [2.45, 2.75) is 58.1 Å². The summed E-state index contributed by atoms with van der Waals surface area (Å²) in [5.41, 5.74) is -0.644. The highest BCUT2D eigenvalue weighted by Gasteiger charge is 2.36. The minimum atomic E-state index is -4.11. The number of amides is 1. The molecule has 0 radical (unpaired) electrons. The zero-order chi connectivity index (χ0) is 28.4. The molecule has 1 aliphatic heterocycles. The number of esters is 1. The maximum Gasteiger partial charge on any atom is 0.459 e. The van der Waals surface area contributed by atoms with E-state index in [1.54, 1.807) is 24.3 Å². The average Bonchev–Trinajstić information content (AvgIpc) is 3.37. The van der Waals surface area contributed by atoms with Crippen molar-refractivity contribution < 1.29 is 37.4 Å². The largest absolute Gasteiger partial charge is 0.468 e. The summed E-state index contributed by atoms with van der Waals surface area (Å²) in [7, 11) is -2.91. The summed E-state index contributed by atoms with van der Waals surface area (Å²) in [6, 6.07) is 6.99. The second kappa shape index (κ2) is 14.7. The number of aromatic nitrogens is 2. The zero-order valence-corrected chi connectivity index (χ0v) is 24.3. The third kappa shape index (κ3) is 9.52. The van der Waals surface area contributed by atoms with Gasteiger partial charge < -0.3 is 24.1 Å². The van der Waals surface area contributed by atoms with Gasteiger partial charge in [-0.3, -0.25) is 18.7 Å². The maximum atomic E-state index is 13.5. The summed E-state index contributed by atoms with van der Waals surface area (Å²) in [5, 5.41) is 5.15. The van der Waals surface area contributed by atoms with E-state index in [0.29, 0.717) is 6.42 Å². The summed E-state index contributed by atoms with van der Waals surface area (Å²) in [4.78, 5) is 40.3. The Morgan fingerprint density at radius 1 is 1.26 bits per heavy atom. The lowest BCUT2D eigenvalue weighted by Crippen LogP contribution is -2.35. The van der Waals surface area contributed by atoms with Crippen LogP contribution >= 0.6 is 23.7 Å². The number of unbranched alkanes of at least 4 members (excludes halogenated alkanes) is 2. The van der Waals surface area contributed by atoms with Gasteiger partial charge in [-0.15, -0.1) is 0 Å². The first-order valence-electron chi connectivity index (χ1n) is 12.3. The van der Waals surface area contributed by atoms with E-state index in [1.165, 1.54) is 30.9 Å². The van der Waals surface area contributed by atoms with E-state index in [4.69, 9.17) is 18.5 Å². The minimum absolute atomic E-state index is 0.0117. The number of methoxy groups -OCH3 is 1. The van der Waals surface area contributed by atoms with Crippen molar-refractivity contribution in [3.8, 4) is 5.75 Å². The number of nitrogens with one attached hydrogen (secondary N) is 2. The Morgan fingerprint density at radius 3 is 2.67 bits per heavy atom. The number of rotatable bonds is 14. The molecule has 2 heterocycles. The highest BCUT2D eigenvalue weighted by molar-refractivity contribution is 9.10. The summed E-state index contributed by atoms with van der Waals surface area (Å²) >= 11 is 3.31. The Kier molecular flexibility index (Phi) is 11.6. The van der Waals surface area contributed by atoms with E-state index in [1.807, 2.05) is 6.92 Å². The zero-order valence-electron chi connectivity index (χ0n) is 21.8. The Balaban J connectivity index is 1.61. The molecule has 1 unspecified atom stereocenters. The number of nitrogens with zero attached hydrogens (tertiary/aromatic N) is 2. The van der Waals surface area contributed by atoms with Crippen LogP contribution in [-0.2, 0) is 32.9 Å². The summed E-state index contributed by atoms with van der Waals surface area (Å²) in [5.74, 6) is -0.504. The Hall–Kier alpha value is -2.61. The first kappa shape index (κ1) is 30.9. The van der Waals surface area contributed by atoms with Gasteiger partial charge in [-0.1, -0.05) is 35.7 Å². The van der Waals surface area contributed by atoms with Crippen molar-refractivity contribution in [3.63, 3.8) is 0 Å². The van der Waals surface area contributed by atoms with Crippen LogP contribution in [0.3, 0.4) is 0 Å². The van der Waals surface area contributed by atoms with Crippen molar-refractivity contribution in [2.24, 2.45) is 0 Å². The Morgan fingerprint density at radius 2 is 2.00 bits per heavy atom. The fraction of sp³-hybridized carbons (Fsp3) is 0.500. The summed E-state index contributed by atoms with van der Waals surface area (Å²) in [6.07, 6.45) is 2.65. The van der Waals surface area contributed by atoms with E-state index in [0.717, 1.165) is 23.7 Å². The third-order valence-corrected chi connectivity index (χ3v) is 7.65. The number of ether oxygens (including phenoxy) is 3. The molecule has 2 aromatic rings. The first-order chi connectivity index (χ1) is 18.6. The number of benzene rings is 1. The molecule has 1 fully saturated rings. The van der Waals surface area contributed by atoms with Crippen LogP contribution in [0.4, 0.5) is 5.82 Å². The lowest BCUT2D eigenvalue weighted by atomic mass is 10.2. The molecular formula is C24H32BrN4O9P. The molecule has 3 rings (SSSR count). The molecule has 0 aliphatic carbocycles. The van der Waals surface area contributed by atoms with E-state index >= 15 is 0 Å². The van der Waals surface area contributed by atoms with Crippen molar-refractivity contribution in [1.82, 2.24) is 14.6 Å². The van der Waals surface area contributed by atoms with Crippen LogP contribution in [0.2, 0.25) is 0 Å². The molecule has 0 spiro atoms. The minimum Gasteiger partial charge on any atom is -0.468 e. The Labute approximate surface area is 234 Å². The van der Waals surface area contributed by atoms with Crippen LogP contribution in [0.5, 0.6) is 5.75 Å². The second-order valence-electron chi connectivity index (χ2n) is 8.57. The quantitative estimate of drug-likeness (QED) is 0.178. The topological polar surface area (TPSA) is 156 Å². The highest BCUT2D eigenvalue weighted by atomic mass is 79.9. The first-order valence-corrected chi connectivity index (χ1v) is 14.7. The van der Waals surface area contributed by atoms with Crippen molar-refractivity contribution in [3.05, 3.63) is 51.5 Å². The standard InChI is InChI=1S/C24H32BrN4O9P/c1-4-5-6-7-20(30)26-19-12-13-29(24(32)27-19)21-14-35-22(37-21)15-36-39(33,28-16(2)23(31)34-3)38-18-10-8-17(25)9-11-18/h8-13,16,21-22H,4-7,14-15H2,1-3H3,(H,28,33)(H,26,27,30,32)/t16-,21-,22-,39?/m0/s1. The molecule has 15 heteroatoms. The number of anilines is 1. The lowest BCUT2D eigenvalue weighted by Gasteiger charge is -2.23. The summed E-state index contributed by atoms with van der Waals surface area (Å²) < 4.78 is 42.5. The normalized spacial score (nSPS) is 19.2. The van der Waals surface area contributed by atoms with Gasteiger partial charge in [0.15, 0.2) is 12.5 Å². The van der Waals surface area contributed by atoms with Gasteiger partial charge in [-0.2, -0.15) is 10.1 Å². The third-order valence-electron chi connectivity index (χ3n) is 5.47. The lowest BCUT2D eigenvalue weighted by molar-refractivity contribution is -0.142.